The first-order chi connectivity index (χ1) is 6.58. The molecule has 0 fully saturated rings. The topological polar surface area (TPSA) is 9.23 Å². The third-order valence-electron chi connectivity index (χ3n) is 1.55. The maximum Gasteiger partial charge on any atom is 0.389 e. The fraction of sp³-hybridized carbons (Fsp3) is 0.400. The van der Waals surface area contributed by atoms with Gasteiger partial charge in [-0.3, -0.25) is 0 Å². The summed E-state index contributed by atoms with van der Waals surface area (Å²) in [6.07, 6.45) is -4.91. The first-order valence-electron chi connectivity index (χ1n) is 4.23. The Morgan fingerprint density at radius 3 is 2.71 bits per heavy atom. The normalized spacial score (nSPS) is 11.4. The Bertz CT molecular complexity index is 256. The van der Waals surface area contributed by atoms with Crippen LogP contribution in [-0.4, -0.2) is 12.8 Å². The van der Waals surface area contributed by atoms with Gasteiger partial charge in [-0.05, 0) is 24.6 Å². The minimum atomic E-state index is -4.09. The molecule has 0 heterocycles. The van der Waals surface area contributed by atoms with Crippen molar-refractivity contribution in [1.29, 1.82) is 0 Å². The van der Waals surface area contributed by atoms with E-state index < -0.39 is 12.6 Å². The number of benzene rings is 1. The molecule has 14 heavy (non-hydrogen) atoms. The van der Waals surface area contributed by atoms with Crippen molar-refractivity contribution in [3.05, 3.63) is 30.3 Å². The highest BCUT2D eigenvalue weighted by atomic mass is 19.4. The highest BCUT2D eigenvalue weighted by molar-refractivity contribution is 5.19. The van der Waals surface area contributed by atoms with Crippen molar-refractivity contribution < 1.29 is 17.9 Å². The van der Waals surface area contributed by atoms with Crippen LogP contribution in [0.25, 0.3) is 0 Å². The standard InChI is InChI=1S/C10H10F3O/c11-10(12,13)7-4-8-14-9-5-2-1-3-6-9/h1-2,5-6H,4,7-8H2. The third-order valence-corrected chi connectivity index (χ3v) is 1.55. The van der Waals surface area contributed by atoms with Gasteiger partial charge < -0.3 is 4.74 Å². The number of alkyl halides is 3. The Balaban J connectivity index is 2.17. The van der Waals surface area contributed by atoms with Crippen LogP contribution in [0.3, 0.4) is 0 Å². The van der Waals surface area contributed by atoms with Crippen molar-refractivity contribution in [1.82, 2.24) is 0 Å². The first kappa shape index (κ1) is 10.9. The molecule has 1 nitrogen and oxygen atoms in total. The SMILES string of the molecule is FC(F)(F)CCCOc1c[c]ccc1. The van der Waals surface area contributed by atoms with Crippen LogP contribution in [0.2, 0.25) is 0 Å². The lowest BCUT2D eigenvalue weighted by molar-refractivity contribution is -0.136. The molecule has 4 heteroatoms. The van der Waals surface area contributed by atoms with E-state index in [4.69, 9.17) is 4.74 Å². The van der Waals surface area contributed by atoms with Gasteiger partial charge in [0.2, 0.25) is 0 Å². The lowest BCUT2D eigenvalue weighted by Gasteiger charge is -2.07. The second-order valence-electron chi connectivity index (χ2n) is 2.81. The fourth-order valence-corrected chi connectivity index (χ4v) is 0.929. The molecule has 0 aliphatic heterocycles. The Kier molecular flexibility index (Phi) is 3.80. The van der Waals surface area contributed by atoms with E-state index in [0.29, 0.717) is 5.75 Å². The molecule has 0 aliphatic carbocycles. The molecule has 0 N–H and O–H groups in total. The summed E-state index contributed by atoms with van der Waals surface area (Å²) in [6.45, 7) is 0.0807. The predicted molar refractivity (Wildman–Crippen MR) is 46.1 cm³/mol. The van der Waals surface area contributed by atoms with Crippen LogP contribution >= 0.6 is 0 Å². The van der Waals surface area contributed by atoms with Gasteiger partial charge in [-0.15, -0.1) is 0 Å². The number of hydrogen-bond donors (Lipinski definition) is 0. The van der Waals surface area contributed by atoms with E-state index in [0.717, 1.165) is 0 Å². The van der Waals surface area contributed by atoms with Crippen molar-refractivity contribution in [3.8, 4) is 5.75 Å². The van der Waals surface area contributed by atoms with Crippen LogP contribution in [-0.2, 0) is 0 Å². The molecule has 0 aliphatic rings. The van der Waals surface area contributed by atoms with Crippen LogP contribution in [0.1, 0.15) is 12.8 Å². The summed E-state index contributed by atoms with van der Waals surface area (Å²) in [5.41, 5.74) is 0. The first-order valence-corrected chi connectivity index (χ1v) is 4.23. The summed E-state index contributed by atoms with van der Waals surface area (Å²) in [7, 11) is 0. The molecule has 1 aromatic rings. The molecule has 1 radical (unpaired) electrons. The molecular formula is C10H10F3O. The van der Waals surface area contributed by atoms with Gasteiger partial charge in [0.1, 0.15) is 5.75 Å². The van der Waals surface area contributed by atoms with Gasteiger partial charge in [-0.2, -0.15) is 13.2 Å². The number of rotatable bonds is 4. The highest BCUT2D eigenvalue weighted by Gasteiger charge is 2.25. The fourth-order valence-electron chi connectivity index (χ4n) is 0.929. The number of hydrogen-bond acceptors (Lipinski definition) is 1. The second kappa shape index (κ2) is 4.88. The van der Waals surface area contributed by atoms with Gasteiger partial charge in [0, 0.05) is 6.42 Å². The summed E-state index contributed by atoms with van der Waals surface area (Å²) in [5, 5.41) is 0. The summed E-state index contributed by atoms with van der Waals surface area (Å²) >= 11 is 0. The molecule has 77 valence electrons. The van der Waals surface area contributed by atoms with Crippen LogP contribution in [0, 0.1) is 6.07 Å². The van der Waals surface area contributed by atoms with E-state index in [1.807, 2.05) is 0 Å². The van der Waals surface area contributed by atoms with Crippen LogP contribution in [0.4, 0.5) is 13.2 Å². The second-order valence-corrected chi connectivity index (χ2v) is 2.81. The van der Waals surface area contributed by atoms with Crippen molar-refractivity contribution in [2.24, 2.45) is 0 Å². The smallest absolute Gasteiger partial charge is 0.389 e. The van der Waals surface area contributed by atoms with Crippen LogP contribution in [0.15, 0.2) is 24.3 Å². The van der Waals surface area contributed by atoms with Gasteiger partial charge in [-0.1, -0.05) is 12.1 Å². The summed E-state index contributed by atoms with van der Waals surface area (Å²) < 4.78 is 40.2. The summed E-state index contributed by atoms with van der Waals surface area (Å²) in [6, 6.07) is 9.46. The van der Waals surface area contributed by atoms with E-state index in [9.17, 15) is 13.2 Å². The van der Waals surface area contributed by atoms with E-state index in [1.165, 1.54) is 0 Å². The predicted octanol–water partition coefficient (Wildman–Crippen LogP) is 3.21. The van der Waals surface area contributed by atoms with Gasteiger partial charge >= 0.3 is 6.18 Å². The molecule has 0 saturated heterocycles. The minimum Gasteiger partial charge on any atom is -0.494 e. The van der Waals surface area contributed by atoms with E-state index in [-0.39, 0.29) is 13.0 Å². The zero-order valence-corrected chi connectivity index (χ0v) is 7.47. The van der Waals surface area contributed by atoms with E-state index in [2.05, 4.69) is 6.07 Å². The minimum absolute atomic E-state index is 0.0155. The van der Waals surface area contributed by atoms with Crippen molar-refractivity contribution in [3.63, 3.8) is 0 Å². The van der Waals surface area contributed by atoms with E-state index >= 15 is 0 Å². The zero-order chi connectivity index (χ0) is 10.4. The lowest BCUT2D eigenvalue weighted by Crippen LogP contribution is -2.09. The molecule has 1 rings (SSSR count). The molecule has 0 bridgehead atoms. The number of ether oxygens (including phenoxy) is 1. The molecule has 0 aromatic heterocycles. The third kappa shape index (κ3) is 4.74. The van der Waals surface area contributed by atoms with Crippen molar-refractivity contribution in [2.75, 3.05) is 6.61 Å². The molecule has 0 spiro atoms. The van der Waals surface area contributed by atoms with Gasteiger partial charge in [-0.25, -0.2) is 0 Å². The summed E-state index contributed by atoms with van der Waals surface area (Å²) in [5.74, 6) is 0.551. The average Bonchev–Trinajstić information content (AvgIpc) is 2.13. The average molecular weight is 203 g/mol. The van der Waals surface area contributed by atoms with Crippen molar-refractivity contribution >= 4 is 0 Å². The number of halogens is 3. The largest absolute Gasteiger partial charge is 0.494 e. The maximum atomic E-state index is 11.7. The van der Waals surface area contributed by atoms with Crippen LogP contribution in [0.5, 0.6) is 5.75 Å². The quantitative estimate of drug-likeness (QED) is 0.683. The van der Waals surface area contributed by atoms with E-state index in [1.54, 1.807) is 24.3 Å². The van der Waals surface area contributed by atoms with Gasteiger partial charge in [0.25, 0.3) is 0 Å². The van der Waals surface area contributed by atoms with Gasteiger partial charge in [0.15, 0.2) is 0 Å². The zero-order valence-electron chi connectivity index (χ0n) is 7.47. The Morgan fingerprint density at radius 2 is 2.14 bits per heavy atom. The lowest BCUT2D eigenvalue weighted by atomic mass is 10.3. The monoisotopic (exact) mass is 203 g/mol. The Hall–Kier alpha value is -1.19. The molecule has 0 saturated carbocycles. The molecular weight excluding hydrogens is 193 g/mol. The summed E-state index contributed by atoms with van der Waals surface area (Å²) in [4.78, 5) is 0. The van der Waals surface area contributed by atoms with Crippen molar-refractivity contribution in [2.45, 2.75) is 19.0 Å². The molecule has 1 aromatic carbocycles. The van der Waals surface area contributed by atoms with Crippen LogP contribution < -0.4 is 4.74 Å². The molecule has 0 atom stereocenters. The Morgan fingerprint density at radius 1 is 1.36 bits per heavy atom. The Labute approximate surface area is 80.5 Å². The highest BCUT2D eigenvalue weighted by Crippen LogP contribution is 2.21. The molecule has 0 amide bonds. The molecule has 0 unspecified atom stereocenters. The van der Waals surface area contributed by atoms with Gasteiger partial charge in [0.05, 0.1) is 6.61 Å². The maximum absolute atomic E-state index is 11.7.